The van der Waals surface area contributed by atoms with Crippen molar-refractivity contribution in [3.8, 4) is 5.75 Å². The Labute approximate surface area is 136 Å². The van der Waals surface area contributed by atoms with Crippen LogP contribution in [0.4, 0.5) is 21.5 Å². The van der Waals surface area contributed by atoms with Gasteiger partial charge in [-0.25, -0.2) is 4.39 Å². The summed E-state index contributed by atoms with van der Waals surface area (Å²) in [5.74, 6) is -0.310. The molecule has 0 amide bonds. The maximum absolute atomic E-state index is 13.8. The molecule has 0 aliphatic heterocycles. The number of hydrogen-bond donors (Lipinski definition) is 2. The van der Waals surface area contributed by atoms with E-state index in [0.717, 1.165) is 10.9 Å². The van der Waals surface area contributed by atoms with Crippen molar-refractivity contribution in [1.82, 2.24) is 0 Å². The van der Waals surface area contributed by atoms with E-state index in [4.69, 9.17) is 22.1 Å². The van der Waals surface area contributed by atoms with Crippen molar-refractivity contribution >= 4 is 44.6 Å². The van der Waals surface area contributed by atoms with Crippen molar-refractivity contribution < 1.29 is 9.13 Å². The van der Waals surface area contributed by atoms with Crippen LogP contribution in [0.5, 0.6) is 5.75 Å². The van der Waals surface area contributed by atoms with Gasteiger partial charge in [-0.15, -0.1) is 0 Å². The molecule has 0 fully saturated rings. The summed E-state index contributed by atoms with van der Waals surface area (Å²) in [6.07, 6.45) is 0.797. The molecule has 112 valence electrons. The Hall–Kier alpha value is -1.46. The number of ether oxygens (including phenoxy) is 1. The highest BCUT2D eigenvalue weighted by molar-refractivity contribution is 9.10. The summed E-state index contributed by atoms with van der Waals surface area (Å²) in [6.45, 7) is 2.40. The van der Waals surface area contributed by atoms with Gasteiger partial charge < -0.3 is 15.8 Å². The number of nitrogens with two attached hydrogens (primary N) is 1. The van der Waals surface area contributed by atoms with Crippen LogP contribution < -0.4 is 15.8 Å². The molecule has 0 spiro atoms. The van der Waals surface area contributed by atoms with Crippen molar-refractivity contribution in [3.63, 3.8) is 0 Å². The first kappa shape index (κ1) is 15.9. The van der Waals surface area contributed by atoms with Crippen LogP contribution in [0.15, 0.2) is 34.8 Å². The molecule has 3 nitrogen and oxygen atoms in total. The Bertz CT molecular complexity index is 652. The van der Waals surface area contributed by atoms with E-state index in [9.17, 15) is 4.39 Å². The summed E-state index contributed by atoms with van der Waals surface area (Å²) in [5, 5.41) is 3.62. The zero-order chi connectivity index (χ0) is 15.4. The predicted molar refractivity (Wildman–Crippen MR) is 89.0 cm³/mol. The lowest BCUT2D eigenvalue weighted by molar-refractivity contribution is 0.301. The highest BCUT2D eigenvalue weighted by atomic mass is 79.9. The van der Waals surface area contributed by atoms with Gasteiger partial charge in [0.15, 0.2) is 11.6 Å². The van der Waals surface area contributed by atoms with Gasteiger partial charge in [0.1, 0.15) is 0 Å². The molecule has 2 aromatic rings. The summed E-state index contributed by atoms with van der Waals surface area (Å²) in [5.41, 5.74) is 7.35. The molecule has 3 N–H and O–H groups in total. The number of hydrogen-bond acceptors (Lipinski definition) is 3. The molecule has 0 bridgehead atoms. The van der Waals surface area contributed by atoms with E-state index < -0.39 is 5.82 Å². The molecule has 2 aromatic carbocycles. The van der Waals surface area contributed by atoms with Gasteiger partial charge in [-0.05, 0) is 24.6 Å². The maximum Gasteiger partial charge on any atom is 0.167 e. The standard InChI is InChI=1S/C15H15BrClFN2O/c1-2-5-21-15-8-14(12(19)7-11(15)18)20-13-4-3-9(16)6-10(13)17/h3-4,6-8,20H,2,5,19H2,1H3. The van der Waals surface area contributed by atoms with E-state index in [1.165, 1.54) is 6.07 Å². The molecule has 0 saturated carbocycles. The number of nitrogens with one attached hydrogen (secondary N) is 1. The van der Waals surface area contributed by atoms with Crippen LogP contribution in [-0.4, -0.2) is 6.61 Å². The fourth-order valence-electron chi connectivity index (χ4n) is 1.74. The van der Waals surface area contributed by atoms with Crippen LogP contribution in [0, 0.1) is 5.82 Å². The molecule has 0 radical (unpaired) electrons. The lowest BCUT2D eigenvalue weighted by atomic mass is 10.2. The highest BCUT2D eigenvalue weighted by Gasteiger charge is 2.10. The van der Waals surface area contributed by atoms with Gasteiger partial charge >= 0.3 is 0 Å². The average molecular weight is 374 g/mol. The van der Waals surface area contributed by atoms with E-state index in [2.05, 4.69) is 21.2 Å². The molecule has 0 unspecified atom stereocenters. The van der Waals surface area contributed by atoms with Crippen LogP contribution in [0.2, 0.25) is 5.02 Å². The normalized spacial score (nSPS) is 10.5. The molecule has 0 aliphatic carbocycles. The minimum absolute atomic E-state index is 0.168. The van der Waals surface area contributed by atoms with Crippen molar-refractivity contribution in [2.24, 2.45) is 0 Å². The number of nitrogen functional groups attached to an aromatic ring is 1. The van der Waals surface area contributed by atoms with Crippen LogP contribution in [-0.2, 0) is 0 Å². The smallest absolute Gasteiger partial charge is 0.167 e. The molecule has 2 rings (SSSR count). The SMILES string of the molecule is CCCOc1cc(Nc2ccc(Br)cc2Cl)c(N)cc1F. The second kappa shape index (κ2) is 7.00. The van der Waals surface area contributed by atoms with Crippen LogP contribution in [0.25, 0.3) is 0 Å². The van der Waals surface area contributed by atoms with E-state index in [0.29, 0.717) is 23.0 Å². The third-order valence-corrected chi connectivity index (χ3v) is 3.57. The summed E-state index contributed by atoms with van der Waals surface area (Å²) >= 11 is 9.49. The third-order valence-electron chi connectivity index (χ3n) is 2.77. The Morgan fingerprint density at radius 3 is 2.71 bits per heavy atom. The zero-order valence-electron chi connectivity index (χ0n) is 11.4. The van der Waals surface area contributed by atoms with Gasteiger partial charge in [0.25, 0.3) is 0 Å². The molecule has 0 atom stereocenters. The van der Waals surface area contributed by atoms with E-state index >= 15 is 0 Å². The summed E-state index contributed by atoms with van der Waals surface area (Å²) in [7, 11) is 0. The average Bonchev–Trinajstić information content (AvgIpc) is 2.43. The Morgan fingerprint density at radius 1 is 1.29 bits per heavy atom. The second-order valence-electron chi connectivity index (χ2n) is 4.47. The maximum atomic E-state index is 13.8. The Balaban J connectivity index is 2.30. The van der Waals surface area contributed by atoms with E-state index in [-0.39, 0.29) is 11.4 Å². The van der Waals surface area contributed by atoms with Gasteiger partial charge in [0, 0.05) is 16.6 Å². The van der Waals surface area contributed by atoms with Gasteiger partial charge in [-0.2, -0.15) is 0 Å². The van der Waals surface area contributed by atoms with Gasteiger partial charge in [-0.3, -0.25) is 0 Å². The fourth-order valence-corrected chi connectivity index (χ4v) is 2.46. The number of anilines is 3. The van der Waals surface area contributed by atoms with Crippen LogP contribution in [0.1, 0.15) is 13.3 Å². The van der Waals surface area contributed by atoms with Gasteiger partial charge in [0.2, 0.25) is 0 Å². The molecule has 0 heterocycles. The molecule has 6 heteroatoms. The lowest BCUT2D eigenvalue weighted by Crippen LogP contribution is -2.02. The van der Waals surface area contributed by atoms with Gasteiger partial charge in [-0.1, -0.05) is 34.5 Å². The molecule has 0 aromatic heterocycles. The Kier molecular flexibility index (Phi) is 5.31. The third kappa shape index (κ3) is 4.02. The Morgan fingerprint density at radius 2 is 2.05 bits per heavy atom. The molecule has 0 saturated heterocycles. The first-order chi connectivity index (χ1) is 10.0. The zero-order valence-corrected chi connectivity index (χ0v) is 13.8. The van der Waals surface area contributed by atoms with Crippen molar-refractivity contribution in [2.45, 2.75) is 13.3 Å². The molecule has 21 heavy (non-hydrogen) atoms. The first-order valence-electron chi connectivity index (χ1n) is 6.45. The molecular formula is C15H15BrClFN2O. The summed E-state index contributed by atoms with van der Waals surface area (Å²) in [4.78, 5) is 0. The predicted octanol–water partition coefficient (Wildman–Crippen LogP) is 5.36. The largest absolute Gasteiger partial charge is 0.490 e. The van der Waals surface area contributed by atoms with Crippen molar-refractivity contribution in [2.75, 3.05) is 17.7 Å². The monoisotopic (exact) mass is 372 g/mol. The first-order valence-corrected chi connectivity index (χ1v) is 7.62. The summed E-state index contributed by atoms with van der Waals surface area (Å²) in [6, 6.07) is 8.20. The number of benzene rings is 2. The van der Waals surface area contributed by atoms with E-state index in [1.54, 1.807) is 12.1 Å². The second-order valence-corrected chi connectivity index (χ2v) is 5.79. The minimum atomic E-state index is -0.478. The quantitative estimate of drug-likeness (QED) is 0.694. The van der Waals surface area contributed by atoms with E-state index in [1.807, 2.05) is 19.1 Å². The summed E-state index contributed by atoms with van der Waals surface area (Å²) < 4.78 is 20.0. The van der Waals surface area contributed by atoms with Crippen LogP contribution >= 0.6 is 27.5 Å². The number of halogens is 3. The molecule has 0 aliphatic rings. The van der Waals surface area contributed by atoms with Gasteiger partial charge in [0.05, 0.1) is 28.7 Å². The fraction of sp³-hybridized carbons (Fsp3) is 0.200. The lowest BCUT2D eigenvalue weighted by Gasteiger charge is -2.14. The molecular weight excluding hydrogens is 359 g/mol. The minimum Gasteiger partial charge on any atom is -0.490 e. The highest BCUT2D eigenvalue weighted by Crippen LogP contribution is 2.34. The topological polar surface area (TPSA) is 47.3 Å². The van der Waals surface area contributed by atoms with Crippen LogP contribution in [0.3, 0.4) is 0 Å². The number of rotatable bonds is 5. The van der Waals surface area contributed by atoms with Crippen molar-refractivity contribution in [3.05, 3.63) is 45.6 Å². The van der Waals surface area contributed by atoms with Crippen molar-refractivity contribution in [1.29, 1.82) is 0 Å².